The molecule has 0 bridgehead atoms. The van der Waals surface area contributed by atoms with Gasteiger partial charge in [-0.05, 0) is 39.4 Å². The Morgan fingerprint density at radius 1 is 1.46 bits per heavy atom. The van der Waals surface area contributed by atoms with Gasteiger partial charge in [0.15, 0.2) is 0 Å². The lowest BCUT2D eigenvalue weighted by atomic mass is 9.93. The Morgan fingerprint density at radius 2 is 2.08 bits per heavy atom. The van der Waals surface area contributed by atoms with Crippen LogP contribution in [0.25, 0.3) is 0 Å². The maximum atomic E-state index is 6.19. The van der Waals surface area contributed by atoms with Crippen molar-refractivity contribution in [3.05, 3.63) is 22.4 Å². The van der Waals surface area contributed by atoms with Gasteiger partial charge in [-0.3, -0.25) is 0 Å². The van der Waals surface area contributed by atoms with E-state index in [2.05, 4.69) is 44.3 Å². The standard InChI is InChI=1S/C10H18N2S/c1-10(2,12(3)4)9(11)8-6-5-7-13-8/h5-7,9H,11H2,1-4H3. The highest BCUT2D eigenvalue weighted by molar-refractivity contribution is 7.10. The first-order chi connectivity index (χ1) is 5.96. The van der Waals surface area contributed by atoms with Crippen LogP contribution in [0.2, 0.25) is 0 Å². The molecule has 2 nitrogen and oxygen atoms in total. The van der Waals surface area contributed by atoms with E-state index in [1.165, 1.54) is 4.88 Å². The molecule has 2 N–H and O–H groups in total. The summed E-state index contributed by atoms with van der Waals surface area (Å²) in [5.41, 5.74) is 6.19. The van der Waals surface area contributed by atoms with Crippen LogP contribution in [0.3, 0.4) is 0 Å². The predicted octanol–water partition coefficient (Wildman–Crippen LogP) is 2.09. The monoisotopic (exact) mass is 198 g/mol. The van der Waals surface area contributed by atoms with E-state index in [9.17, 15) is 0 Å². The number of thiophene rings is 1. The van der Waals surface area contributed by atoms with Crippen molar-refractivity contribution in [2.45, 2.75) is 25.4 Å². The summed E-state index contributed by atoms with van der Waals surface area (Å²) in [6.45, 7) is 4.33. The lowest BCUT2D eigenvalue weighted by Gasteiger charge is -2.37. The van der Waals surface area contributed by atoms with Crippen molar-refractivity contribution in [1.29, 1.82) is 0 Å². The molecule has 0 aliphatic carbocycles. The van der Waals surface area contributed by atoms with Crippen molar-refractivity contribution >= 4 is 11.3 Å². The van der Waals surface area contributed by atoms with E-state index >= 15 is 0 Å². The average Bonchev–Trinajstić information content (AvgIpc) is 2.54. The van der Waals surface area contributed by atoms with Crippen LogP contribution in [-0.4, -0.2) is 24.5 Å². The average molecular weight is 198 g/mol. The number of likely N-dealkylation sites (N-methyl/N-ethyl adjacent to an activating group) is 1. The van der Waals surface area contributed by atoms with E-state index in [0.29, 0.717) is 0 Å². The molecule has 0 saturated heterocycles. The van der Waals surface area contributed by atoms with Crippen molar-refractivity contribution in [2.24, 2.45) is 5.73 Å². The summed E-state index contributed by atoms with van der Waals surface area (Å²) in [5, 5.41) is 2.07. The molecule has 0 radical (unpaired) electrons. The number of hydrogen-bond acceptors (Lipinski definition) is 3. The maximum Gasteiger partial charge on any atom is 0.0571 e. The van der Waals surface area contributed by atoms with Crippen LogP contribution in [0, 0.1) is 0 Å². The second-order valence-electron chi connectivity index (χ2n) is 4.04. The summed E-state index contributed by atoms with van der Waals surface area (Å²) in [4.78, 5) is 3.41. The van der Waals surface area contributed by atoms with E-state index in [0.717, 1.165) is 0 Å². The van der Waals surface area contributed by atoms with E-state index in [1.807, 2.05) is 6.07 Å². The molecule has 13 heavy (non-hydrogen) atoms. The van der Waals surface area contributed by atoms with Crippen LogP contribution in [0.15, 0.2) is 17.5 Å². The lowest BCUT2D eigenvalue weighted by molar-refractivity contribution is 0.160. The summed E-state index contributed by atoms with van der Waals surface area (Å²) in [6.07, 6.45) is 0. The van der Waals surface area contributed by atoms with E-state index in [1.54, 1.807) is 11.3 Å². The van der Waals surface area contributed by atoms with Gasteiger partial charge in [0, 0.05) is 10.4 Å². The zero-order valence-corrected chi connectivity index (χ0v) is 9.56. The molecule has 0 saturated carbocycles. The Hall–Kier alpha value is -0.380. The second kappa shape index (κ2) is 3.78. The van der Waals surface area contributed by atoms with Gasteiger partial charge in [-0.25, -0.2) is 0 Å². The molecule has 0 aromatic carbocycles. The molecule has 3 heteroatoms. The second-order valence-corrected chi connectivity index (χ2v) is 5.02. The molecule has 1 aromatic heterocycles. The van der Waals surface area contributed by atoms with Gasteiger partial charge in [0.25, 0.3) is 0 Å². The zero-order chi connectivity index (χ0) is 10.1. The van der Waals surface area contributed by atoms with Gasteiger partial charge >= 0.3 is 0 Å². The Bertz CT molecular complexity index is 252. The summed E-state index contributed by atoms with van der Waals surface area (Å²) in [5.74, 6) is 0. The number of rotatable bonds is 3. The molecule has 0 aliphatic rings. The first kappa shape index (κ1) is 10.7. The van der Waals surface area contributed by atoms with Crippen LogP contribution in [0.5, 0.6) is 0 Å². The van der Waals surface area contributed by atoms with Crippen LogP contribution < -0.4 is 5.73 Å². The molecule has 74 valence electrons. The normalized spacial score (nSPS) is 14.9. The summed E-state index contributed by atoms with van der Waals surface area (Å²) in [6, 6.07) is 4.23. The lowest BCUT2D eigenvalue weighted by Crippen LogP contribution is -2.47. The third kappa shape index (κ3) is 2.10. The smallest absolute Gasteiger partial charge is 0.0571 e. The third-order valence-electron chi connectivity index (χ3n) is 2.76. The van der Waals surface area contributed by atoms with Gasteiger partial charge in [0.05, 0.1) is 6.04 Å². The molecule has 0 aliphatic heterocycles. The van der Waals surface area contributed by atoms with E-state index < -0.39 is 0 Å². The topological polar surface area (TPSA) is 29.3 Å². The third-order valence-corrected chi connectivity index (χ3v) is 3.72. The molecule has 0 fully saturated rings. The van der Waals surface area contributed by atoms with E-state index in [4.69, 9.17) is 5.73 Å². The predicted molar refractivity (Wildman–Crippen MR) is 59.0 cm³/mol. The Balaban J connectivity index is 2.84. The largest absolute Gasteiger partial charge is 0.322 e. The molecule has 1 rings (SSSR count). The highest BCUT2D eigenvalue weighted by atomic mass is 32.1. The molecule has 1 heterocycles. The first-order valence-corrected chi connectivity index (χ1v) is 5.30. The molecule has 0 spiro atoms. The number of hydrogen-bond donors (Lipinski definition) is 1. The van der Waals surface area contributed by atoms with Crippen molar-refractivity contribution in [3.8, 4) is 0 Å². The minimum Gasteiger partial charge on any atom is -0.322 e. The molecule has 0 amide bonds. The SMILES string of the molecule is CN(C)C(C)(C)C(N)c1cccs1. The zero-order valence-electron chi connectivity index (χ0n) is 8.74. The first-order valence-electron chi connectivity index (χ1n) is 4.42. The molecule has 1 atom stereocenters. The van der Waals surface area contributed by atoms with Gasteiger partial charge in [0.1, 0.15) is 0 Å². The van der Waals surface area contributed by atoms with Crippen molar-refractivity contribution < 1.29 is 0 Å². The fourth-order valence-electron chi connectivity index (χ4n) is 1.09. The molecular formula is C10H18N2S. The highest BCUT2D eigenvalue weighted by Gasteiger charge is 2.30. The van der Waals surface area contributed by atoms with Crippen LogP contribution in [-0.2, 0) is 0 Å². The quantitative estimate of drug-likeness (QED) is 0.806. The van der Waals surface area contributed by atoms with Gasteiger partial charge in [0.2, 0.25) is 0 Å². The van der Waals surface area contributed by atoms with Gasteiger partial charge in [-0.15, -0.1) is 11.3 Å². The molecular weight excluding hydrogens is 180 g/mol. The van der Waals surface area contributed by atoms with E-state index in [-0.39, 0.29) is 11.6 Å². The summed E-state index contributed by atoms with van der Waals surface area (Å²) < 4.78 is 0. The highest BCUT2D eigenvalue weighted by Crippen LogP contribution is 2.29. The molecule has 1 aromatic rings. The minimum atomic E-state index is 0.00481. The van der Waals surface area contributed by atoms with Crippen molar-refractivity contribution in [1.82, 2.24) is 4.90 Å². The van der Waals surface area contributed by atoms with Crippen LogP contribution >= 0.6 is 11.3 Å². The van der Waals surface area contributed by atoms with Gasteiger partial charge < -0.3 is 10.6 Å². The van der Waals surface area contributed by atoms with Crippen LogP contribution in [0.1, 0.15) is 24.8 Å². The minimum absolute atomic E-state index is 0.00481. The van der Waals surface area contributed by atoms with Crippen LogP contribution in [0.4, 0.5) is 0 Å². The Kier molecular flexibility index (Phi) is 3.11. The summed E-state index contributed by atoms with van der Waals surface area (Å²) in [7, 11) is 4.13. The summed E-state index contributed by atoms with van der Waals surface area (Å²) >= 11 is 1.72. The number of nitrogens with two attached hydrogens (primary N) is 1. The Labute approximate surface area is 84.4 Å². The van der Waals surface area contributed by atoms with Crippen molar-refractivity contribution in [3.63, 3.8) is 0 Å². The maximum absolute atomic E-state index is 6.19. The number of nitrogens with zero attached hydrogens (tertiary/aromatic N) is 1. The Morgan fingerprint density at radius 3 is 2.46 bits per heavy atom. The molecule has 1 unspecified atom stereocenters. The van der Waals surface area contributed by atoms with Gasteiger partial charge in [-0.2, -0.15) is 0 Å². The fraction of sp³-hybridized carbons (Fsp3) is 0.600. The van der Waals surface area contributed by atoms with Crippen molar-refractivity contribution in [2.75, 3.05) is 14.1 Å². The van der Waals surface area contributed by atoms with Gasteiger partial charge in [-0.1, -0.05) is 6.07 Å². The fourth-order valence-corrected chi connectivity index (χ4v) is 2.00.